The van der Waals surface area contributed by atoms with Crippen LogP contribution in [0.25, 0.3) is 0 Å². The summed E-state index contributed by atoms with van der Waals surface area (Å²) in [6.07, 6.45) is 6.52. The maximum Gasteiger partial charge on any atom is 0.322 e. The van der Waals surface area contributed by atoms with E-state index in [0.29, 0.717) is 5.41 Å². The summed E-state index contributed by atoms with van der Waals surface area (Å²) in [5.74, 6) is 0.561. The Morgan fingerprint density at radius 3 is 2.35 bits per heavy atom. The van der Waals surface area contributed by atoms with Gasteiger partial charge in [-0.05, 0) is 37.5 Å². The highest BCUT2D eigenvalue weighted by molar-refractivity contribution is 5.75. The molecule has 0 radical (unpaired) electrons. The summed E-state index contributed by atoms with van der Waals surface area (Å²) in [6.45, 7) is 7.39. The van der Waals surface area contributed by atoms with Crippen LogP contribution in [0.4, 0.5) is 0 Å². The molecular formula is C14H27NO2. The van der Waals surface area contributed by atoms with Crippen molar-refractivity contribution in [2.45, 2.75) is 58.9 Å². The van der Waals surface area contributed by atoms with Gasteiger partial charge in [-0.2, -0.15) is 0 Å². The molecule has 0 aliphatic heterocycles. The quantitative estimate of drug-likeness (QED) is 0.727. The summed E-state index contributed by atoms with van der Waals surface area (Å²) >= 11 is 0. The van der Waals surface area contributed by atoms with Crippen LogP contribution in [0.1, 0.15) is 52.9 Å². The van der Waals surface area contributed by atoms with E-state index in [1.165, 1.54) is 39.2 Å². The third-order valence-electron chi connectivity index (χ3n) is 3.84. The van der Waals surface area contributed by atoms with Gasteiger partial charge in [0.15, 0.2) is 0 Å². The fourth-order valence-electron chi connectivity index (χ4n) is 3.07. The summed E-state index contributed by atoms with van der Waals surface area (Å²) in [7, 11) is 1.44. The first-order chi connectivity index (χ1) is 7.99. The molecule has 0 spiro atoms. The van der Waals surface area contributed by atoms with E-state index in [1.807, 2.05) is 6.92 Å². The number of methoxy groups -OCH3 is 1. The molecule has 0 bridgehead atoms. The van der Waals surface area contributed by atoms with Crippen molar-refractivity contribution in [2.24, 2.45) is 11.3 Å². The highest BCUT2D eigenvalue weighted by Crippen LogP contribution is 2.42. The molecular weight excluding hydrogens is 214 g/mol. The van der Waals surface area contributed by atoms with Gasteiger partial charge in [-0.15, -0.1) is 0 Å². The van der Waals surface area contributed by atoms with Crippen molar-refractivity contribution in [1.82, 2.24) is 5.32 Å². The van der Waals surface area contributed by atoms with E-state index in [9.17, 15) is 4.79 Å². The molecule has 1 atom stereocenters. The Kier molecular flexibility index (Phi) is 5.44. The van der Waals surface area contributed by atoms with Crippen molar-refractivity contribution in [3.63, 3.8) is 0 Å². The Morgan fingerprint density at radius 2 is 1.88 bits per heavy atom. The van der Waals surface area contributed by atoms with Crippen molar-refractivity contribution in [3.05, 3.63) is 0 Å². The zero-order valence-electron chi connectivity index (χ0n) is 11.7. The zero-order chi connectivity index (χ0) is 12.9. The molecule has 0 amide bonds. The Hall–Kier alpha value is -0.570. The van der Waals surface area contributed by atoms with Gasteiger partial charge in [0, 0.05) is 6.54 Å². The first kappa shape index (κ1) is 14.5. The molecule has 0 aromatic heterocycles. The molecule has 1 fully saturated rings. The normalized spacial score (nSPS) is 20.5. The van der Waals surface area contributed by atoms with Gasteiger partial charge in [-0.3, -0.25) is 4.79 Å². The van der Waals surface area contributed by atoms with Crippen LogP contribution in [0, 0.1) is 11.3 Å². The lowest BCUT2D eigenvalue weighted by Gasteiger charge is -2.32. The average molecular weight is 241 g/mol. The molecule has 0 aromatic rings. The second kappa shape index (κ2) is 6.39. The molecule has 1 unspecified atom stereocenters. The third-order valence-corrected chi connectivity index (χ3v) is 3.84. The minimum atomic E-state index is -0.190. The van der Waals surface area contributed by atoms with Crippen LogP contribution in [0.5, 0.6) is 0 Å². The standard InChI is InChI=1S/C14H27NO2/c1-11(2)9-14(7-5-6-8-14)10-15-12(3)13(16)17-4/h11-12,15H,5-10H2,1-4H3. The zero-order valence-corrected chi connectivity index (χ0v) is 11.7. The molecule has 3 nitrogen and oxygen atoms in total. The number of carbonyl (C=O) groups excluding carboxylic acids is 1. The second-order valence-corrected chi connectivity index (χ2v) is 5.93. The van der Waals surface area contributed by atoms with Gasteiger partial charge in [-0.1, -0.05) is 26.7 Å². The molecule has 0 aromatic carbocycles. The van der Waals surface area contributed by atoms with Gasteiger partial charge in [-0.25, -0.2) is 0 Å². The van der Waals surface area contributed by atoms with Crippen molar-refractivity contribution in [2.75, 3.05) is 13.7 Å². The van der Waals surface area contributed by atoms with E-state index in [2.05, 4.69) is 19.2 Å². The number of carbonyl (C=O) groups is 1. The van der Waals surface area contributed by atoms with E-state index in [-0.39, 0.29) is 12.0 Å². The van der Waals surface area contributed by atoms with Crippen molar-refractivity contribution in [3.8, 4) is 0 Å². The summed E-state index contributed by atoms with van der Waals surface area (Å²) in [5, 5.41) is 3.35. The summed E-state index contributed by atoms with van der Waals surface area (Å²) in [5.41, 5.74) is 0.413. The number of nitrogens with one attached hydrogen (secondary N) is 1. The first-order valence-corrected chi connectivity index (χ1v) is 6.80. The van der Waals surface area contributed by atoms with Gasteiger partial charge in [0.25, 0.3) is 0 Å². The van der Waals surface area contributed by atoms with Crippen molar-refractivity contribution < 1.29 is 9.53 Å². The number of ether oxygens (including phenoxy) is 1. The minimum Gasteiger partial charge on any atom is -0.468 e. The largest absolute Gasteiger partial charge is 0.468 e. The summed E-state index contributed by atoms with van der Waals surface area (Å²) in [6, 6.07) is -0.190. The van der Waals surface area contributed by atoms with Gasteiger partial charge in [0.2, 0.25) is 0 Å². The van der Waals surface area contributed by atoms with Crippen LogP contribution in [0.15, 0.2) is 0 Å². The molecule has 0 saturated heterocycles. The predicted octanol–water partition coefficient (Wildman–Crippen LogP) is 2.74. The van der Waals surface area contributed by atoms with Crippen molar-refractivity contribution in [1.29, 1.82) is 0 Å². The van der Waals surface area contributed by atoms with E-state index in [4.69, 9.17) is 4.74 Å². The Labute approximate surface area is 105 Å². The number of rotatable bonds is 6. The number of esters is 1. The second-order valence-electron chi connectivity index (χ2n) is 5.93. The van der Waals surface area contributed by atoms with E-state index in [0.717, 1.165) is 12.5 Å². The smallest absolute Gasteiger partial charge is 0.322 e. The molecule has 100 valence electrons. The van der Waals surface area contributed by atoms with Crippen LogP contribution >= 0.6 is 0 Å². The molecule has 1 rings (SSSR count). The Morgan fingerprint density at radius 1 is 1.29 bits per heavy atom. The van der Waals surface area contributed by atoms with E-state index < -0.39 is 0 Å². The SMILES string of the molecule is COC(=O)C(C)NCC1(CC(C)C)CCCC1. The molecule has 17 heavy (non-hydrogen) atoms. The topological polar surface area (TPSA) is 38.3 Å². The fraction of sp³-hybridized carbons (Fsp3) is 0.929. The minimum absolute atomic E-state index is 0.164. The molecule has 3 heteroatoms. The molecule has 1 N–H and O–H groups in total. The Bertz CT molecular complexity index is 245. The van der Waals surface area contributed by atoms with Crippen molar-refractivity contribution >= 4 is 5.97 Å². The first-order valence-electron chi connectivity index (χ1n) is 6.80. The maximum absolute atomic E-state index is 11.4. The van der Waals surface area contributed by atoms with E-state index >= 15 is 0 Å². The third kappa shape index (κ3) is 4.30. The average Bonchev–Trinajstić information content (AvgIpc) is 2.73. The van der Waals surface area contributed by atoms with Crippen LogP contribution < -0.4 is 5.32 Å². The Balaban J connectivity index is 2.47. The lowest BCUT2D eigenvalue weighted by Crippen LogP contribution is -2.42. The molecule has 1 saturated carbocycles. The summed E-state index contributed by atoms with van der Waals surface area (Å²) in [4.78, 5) is 11.4. The van der Waals surface area contributed by atoms with Gasteiger partial charge in [0.05, 0.1) is 7.11 Å². The highest BCUT2D eigenvalue weighted by Gasteiger charge is 2.34. The van der Waals surface area contributed by atoms with Crippen LogP contribution in [-0.2, 0) is 9.53 Å². The van der Waals surface area contributed by atoms with Crippen LogP contribution in [-0.4, -0.2) is 25.7 Å². The van der Waals surface area contributed by atoms with Gasteiger partial charge < -0.3 is 10.1 Å². The number of hydrogen-bond acceptors (Lipinski definition) is 3. The molecule has 1 aliphatic carbocycles. The maximum atomic E-state index is 11.4. The molecule has 0 heterocycles. The number of hydrogen-bond donors (Lipinski definition) is 1. The monoisotopic (exact) mass is 241 g/mol. The highest BCUT2D eigenvalue weighted by atomic mass is 16.5. The fourth-order valence-corrected chi connectivity index (χ4v) is 3.07. The molecule has 1 aliphatic rings. The predicted molar refractivity (Wildman–Crippen MR) is 69.8 cm³/mol. The lowest BCUT2D eigenvalue weighted by molar-refractivity contribution is -0.142. The van der Waals surface area contributed by atoms with Crippen LogP contribution in [0.3, 0.4) is 0 Å². The van der Waals surface area contributed by atoms with E-state index in [1.54, 1.807) is 0 Å². The van der Waals surface area contributed by atoms with Crippen LogP contribution in [0.2, 0.25) is 0 Å². The van der Waals surface area contributed by atoms with Gasteiger partial charge in [0.1, 0.15) is 6.04 Å². The van der Waals surface area contributed by atoms with Gasteiger partial charge >= 0.3 is 5.97 Å². The lowest BCUT2D eigenvalue weighted by atomic mass is 9.78. The summed E-state index contributed by atoms with van der Waals surface area (Å²) < 4.78 is 4.74.